The zero-order valence-electron chi connectivity index (χ0n) is 20.0. The normalized spacial score (nSPS) is 11.0. The molecule has 0 spiro atoms. The molecule has 4 nitrogen and oxygen atoms in total. The van der Waals surface area contributed by atoms with E-state index in [1.165, 1.54) is 63.5 Å². The number of rotatable bonds is 16. The minimum atomic E-state index is -0.521. The molecule has 0 aliphatic carbocycles. The topological polar surface area (TPSA) is 58.6 Å². The van der Waals surface area contributed by atoms with E-state index in [1.54, 1.807) is 18.2 Å². The molecule has 0 radical (unpaired) electrons. The summed E-state index contributed by atoms with van der Waals surface area (Å²) in [6.45, 7) is 2.79. The van der Waals surface area contributed by atoms with Gasteiger partial charge in [-0.05, 0) is 52.2 Å². The Morgan fingerprint density at radius 1 is 1.03 bits per heavy atom. The SMILES string of the molecule is CCCCCCCCCCCCNC(=O)c1cc(Br)c(OCCO)c(-c2ccc(F)c(Cl)c2)c1. The van der Waals surface area contributed by atoms with Gasteiger partial charge in [0.1, 0.15) is 18.2 Å². The fraction of sp³-hybridized carbons (Fsp3) is 0.519. The van der Waals surface area contributed by atoms with Crippen molar-refractivity contribution in [1.82, 2.24) is 5.32 Å². The van der Waals surface area contributed by atoms with E-state index in [0.29, 0.717) is 33.5 Å². The quantitative estimate of drug-likeness (QED) is 0.206. The van der Waals surface area contributed by atoms with Crippen molar-refractivity contribution in [2.24, 2.45) is 0 Å². The van der Waals surface area contributed by atoms with E-state index >= 15 is 0 Å². The number of carbonyl (C=O) groups is 1. The third-order valence-electron chi connectivity index (χ3n) is 5.69. The Hall–Kier alpha value is -1.63. The standard InChI is InChI=1S/C27H36BrClFNO3/c1-2-3-4-5-6-7-8-9-10-11-14-31-27(33)21-17-22(20-12-13-25(30)24(29)19-20)26(23(28)18-21)34-16-15-32/h12-13,17-19,32H,2-11,14-16H2,1H3,(H,31,33). The molecule has 0 saturated heterocycles. The molecule has 0 saturated carbocycles. The van der Waals surface area contributed by atoms with Crippen LogP contribution < -0.4 is 10.1 Å². The maximum absolute atomic E-state index is 13.7. The van der Waals surface area contributed by atoms with Crippen molar-refractivity contribution in [1.29, 1.82) is 0 Å². The van der Waals surface area contributed by atoms with Gasteiger partial charge in [0, 0.05) is 17.7 Å². The third-order valence-corrected chi connectivity index (χ3v) is 6.57. The molecule has 0 aliphatic heterocycles. The zero-order chi connectivity index (χ0) is 24.8. The molecular weight excluding hydrogens is 521 g/mol. The lowest BCUT2D eigenvalue weighted by Crippen LogP contribution is -2.24. The first-order valence-corrected chi connectivity index (χ1v) is 13.5. The minimum absolute atomic E-state index is 0.0162. The van der Waals surface area contributed by atoms with Crippen molar-refractivity contribution < 1.29 is 19.0 Å². The largest absolute Gasteiger partial charge is 0.489 e. The monoisotopic (exact) mass is 555 g/mol. The number of benzene rings is 2. The molecule has 0 unspecified atom stereocenters. The van der Waals surface area contributed by atoms with Crippen LogP contribution in [-0.4, -0.2) is 30.8 Å². The van der Waals surface area contributed by atoms with Crippen molar-refractivity contribution in [2.75, 3.05) is 19.8 Å². The second-order valence-electron chi connectivity index (χ2n) is 8.47. The lowest BCUT2D eigenvalue weighted by atomic mass is 10.0. The summed E-state index contributed by atoms with van der Waals surface area (Å²) in [6, 6.07) is 7.75. The molecule has 0 atom stereocenters. The Morgan fingerprint density at radius 2 is 1.68 bits per heavy atom. The molecular formula is C27H36BrClFNO3. The summed E-state index contributed by atoms with van der Waals surface area (Å²) in [5.74, 6) is -0.240. The highest BCUT2D eigenvalue weighted by Crippen LogP contribution is 2.39. The number of nitrogens with one attached hydrogen (secondary N) is 1. The molecule has 0 fully saturated rings. The maximum Gasteiger partial charge on any atom is 0.251 e. The van der Waals surface area contributed by atoms with Crippen molar-refractivity contribution in [3.05, 3.63) is 51.2 Å². The number of amides is 1. The number of halogens is 3. The van der Waals surface area contributed by atoms with Gasteiger partial charge in [0.25, 0.3) is 5.91 Å². The van der Waals surface area contributed by atoms with Gasteiger partial charge in [-0.3, -0.25) is 4.79 Å². The van der Waals surface area contributed by atoms with Crippen LogP contribution in [0.4, 0.5) is 4.39 Å². The predicted molar refractivity (Wildman–Crippen MR) is 141 cm³/mol. The van der Waals surface area contributed by atoms with Crippen LogP contribution in [0.15, 0.2) is 34.8 Å². The van der Waals surface area contributed by atoms with Crippen molar-refractivity contribution in [3.8, 4) is 16.9 Å². The number of aliphatic hydroxyl groups is 1. The number of unbranched alkanes of at least 4 members (excludes halogenated alkanes) is 9. The van der Waals surface area contributed by atoms with Crippen LogP contribution >= 0.6 is 27.5 Å². The molecule has 1 amide bonds. The van der Waals surface area contributed by atoms with Gasteiger partial charge in [-0.1, -0.05) is 82.4 Å². The van der Waals surface area contributed by atoms with E-state index in [4.69, 9.17) is 21.4 Å². The molecule has 0 aliphatic rings. The molecule has 2 rings (SSSR count). The van der Waals surface area contributed by atoms with Crippen LogP contribution in [0.5, 0.6) is 5.75 Å². The summed E-state index contributed by atoms with van der Waals surface area (Å²) in [7, 11) is 0. The number of hydrogen-bond acceptors (Lipinski definition) is 3. The first-order chi connectivity index (χ1) is 16.5. The third kappa shape index (κ3) is 9.55. The number of aliphatic hydroxyl groups excluding tert-OH is 1. The highest BCUT2D eigenvalue weighted by Gasteiger charge is 2.17. The number of ether oxygens (including phenoxy) is 1. The van der Waals surface area contributed by atoms with E-state index in [-0.39, 0.29) is 24.1 Å². The first-order valence-electron chi connectivity index (χ1n) is 12.3. The average Bonchev–Trinajstić information content (AvgIpc) is 2.83. The summed E-state index contributed by atoms with van der Waals surface area (Å²) < 4.78 is 19.9. The minimum Gasteiger partial charge on any atom is -0.489 e. The molecule has 0 heterocycles. The molecule has 0 aromatic heterocycles. The number of hydrogen-bond donors (Lipinski definition) is 2. The predicted octanol–water partition coefficient (Wildman–Crippen LogP) is 7.93. The van der Waals surface area contributed by atoms with Gasteiger partial charge < -0.3 is 15.2 Å². The van der Waals surface area contributed by atoms with E-state index in [0.717, 1.165) is 12.8 Å². The molecule has 188 valence electrons. The lowest BCUT2D eigenvalue weighted by molar-refractivity contribution is 0.0952. The second-order valence-corrected chi connectivity index (χ2v) is 9.74. The zero-order valence-corrected chi connectivity index (χ0v) is 22.3. The van der Waals surface area contributed by atoms with Crippen molar-refractivity contribution >= 4 is 33.4 Å². The highest BCUT2D eigenvalue weighted by atomic mass is 79.9. The van der Waals surface area contributed by atoms with Gasteiger partial charge >= 0.3 is 0 Å². The summed E-state index contributed by atoms with van der Waals surface area (Å²) >= 11 is 9.44. The molecule has 2 N–H and O–H groups in total. The van der Waals surface area contributed by atoms with Crippen molar-refractivity contribution in [3.63, 3.8) is 0 Å². The lowest BCUT2D eigenvalue weighted by Gasteiger charge is -2.16. The van der Waals surface area contributed by atoms with E-state index < -0.39 is 5.82 Å². The highest BCUT2D eigenvalue weighted by molar-refractivity contribution is 9.10. The number of carbonyl (C=O) groups excluding carboxylic acids is 1. The van der Waals surface area contributed by atoms with Crippen LogP contribution in [0, 0.1) is 5.82 Å². The summed E-state index contributed by atoms with van der Waals surface area (Å²) in [6.07, 6.45) is 12.4. The van der Waals surface area contributed by atoms with E-state index in [2.05, 4.69) is 28.2 Å². The molecule has 34 heavy (non-hydrogen) atoms. The summed E-state index contributed by atoms with van der Waals surface area (Å²) in [4.78, 5) is 12.8. The average molecular weight is 557 g/mol. The molecule has 2 aromatic rings. The smallest absolute Gasteiger partial charge is 0.251 e. The Balaban J connectivity index is 1.92. The van der Waals surface area contributed by atoms with Crippen LogP contribution in [-0.2, 0) is 0 Å². The first kappa shape index (κ1) is 28.6. The van der Waals surface area contributed by atoms with Crippen LogP contribution in [0.1, 0.15) is 81.5 Å². The van der Waals surface area contributed by atoms with E-state index in [1.807, 2.05) is 0 Å². The Morgan fingerprint density at radius 3 is 2.29 bits per heavy atom. The van der Waals surface area contributed by atoms with Gasteiger partial charge in [0.15, 0.2) is 0 Å². The second kappa shape index (κ2) is 16.1. The molecule has 2 aromatic carbocycles. The van der Waals surface area contributed by atoms with Gasteiger partial charge in [-0.2, -0.15) is 0 Å². The Kier molecular flexibility index (Phi) is 13.6. The van der Waals surface area contributed by atoms with Crippen LogP contribution in [0.25, 0.3) is 11.1 Å². The van der Waals surface area contributed by atoms with E-state index in [9.17, 15) is 9.18 Å². The van der Waals surface area contributed by atoms with Gasteiger partial charge in [0.2, 0.25) is 0 Å². The summed E-state index contributed by atoms with van der Waals surface area (Å²) in [5, 5.41) is 12.1. The summed E-state index contributed by atoms with van der Waals surface area (Å²) in [5.41, 5.74) is 1.67. The Bertz CT molecular complexity index is 910. The van der Waals surface area contributed by atoms with Crippen LogP contribution in [0.3, 0.4) is 0 Å². The fourth-order valence-electron chi connectivity index (χ4n) is 3.81. The van der Waals surface area contributed by atoms with Gasteiger partial charge in [-0.25, -0.2) is 4.39 Å². The maximum atomic E-state index is 13.7. The van der Waals surface area contributed by atoms with Crippen LogP contribution in [0.2, 0.25) is 5.02 Å². The fourth-order valence-corrected chi connectivity index (χ4v) is 4.57. The van der Waals surface area contributed by atoms with Gasteiger partial charge in [0.05, 0.1) is 16.1 Å². The van der Waals surface area contributed by atoms with Crippen molar-refractivity contribution in [2.45, 2.75) is 71.1 Å². The molecule has 7 heteroatoms. The Labute approximate surface area is 216 Å². The molecule has 0 bridgehead atoms. The van der Waals surface area contributed by atoms with Gasteiger partial charge in [-0.15, -0.1) is 0 Å².